The van der Waals surface area contributed by atoms with Crippen molar-refractivity contribution in [3.8, 4) is 17.1 Å². The van der Waals surface area contributed by atoms with Gasteiger partial charge in [-0.1, -0.05) is 52.3 Å². The van der Waals surface area contributed by atoms with Crippen molar-refractivity contribution in [3.05, 3.63) is 128 Å². The average Bonchev–Trinajstić information content (AvgIpc) is 2.92. The van der Waals surface area contributed by atoms with Crippen molar-refractivity contribution >= 4 is 33.0 Å². The fourth-order valence-electron chi connectivity index (χ4n) is 3.87. The Kier molecular flexibility index (Phi) is 7.30. The van der Waals surface area contributed by atoms with Gasteiger partial charge in [0.05, 0.1) is 22.7 Å². The maximum Gasteiger partial charge on any atom is 0.416 e. The molecule has 0 spiro atoms. The number of nitrogens with zero attached hydrogens (tertiary/aromatic N) is 3. The molecule has 0 bridgehead atoms. The minimum Gasteiger partial charge on any atom is -0.488 e. The second-order valence-corrected chi connectivity index (χ2v) is 9.41. The van der Waals surface area contributed by atoms with Gasteiger partial charge in [-0.25, -0.2) is 9.37 Å². The molecule has 0 saturated carbocycles. The molecule has 1 heterocycles. The smallest absolute Gasteiger partial charge is 0.416 e. The lowest BCUT2D eigenvalue weighted by Gasteiger charge is -2.13. The zero-order chi connectivity index (χ0) is 27.6. The SMILES string of the molecule is O=c1c2ccccc2nc(-c2cccc(C(F)(F)F)c2)n1N=Cc1cc(Br)ccc1OCc1ccc(F)cc1. The van der Waals surface area contributed by atoms with E-state index >= 15 is 0 Å². The van der Waals surface area contributed by atoms with E-state index in [1.54, 1.807) is 54.6 Å². The van der Waals surface area contributed by atoms with Crippen LogP contribution >= 0.6 is 15.9 Å². The van der Waals surface area contributed by atoms with Gasteiger partial charge in [-0.3, -0.25) is 4.79 Å². The molecule has 4 aromatic carbocycles. The lowest BCUT2D eigenvalue weighted by atomic mass is 10.1. The van der Waals surface area contributed by atoms with Gasteiger partial charge in [0.1, 0.15) is 18.2 Å². The third kappa shape index (κ3) is 5.91. The summed E-state index contributed by atoms with van der Waals surface area (Å²) in [5, 5.41) is 4.60. The topological polar surface area (TPSA) is 56.5 Å². The molecule has 0 radical (unpaired) electrons. The molecule has 0 aliphatic heterocycles. The third-order valence-corrected chi connectivity index (χ3v) is 6.29. The van der Waals surface area contributed by atoms with Gasteiger partial charge in [0.2, 0.25) is 0 Å². The Bertz CT molecular complexity index is 1750. The number of hydrogen-bond donors (Lipinski definition) is 0. The molecule has 196 valence electrons. The molecule has 0 amide bonds. The molecule has 39 heavy (non-hydrogen) atoms. The molecule has 1 aromatic heterocycles. The number of halogens is 5. The number of alkyl halides is 3. The highest BCUT2D eigenvalue weighted by molar-refractivity contribution is 9.10. The Morgan fingerprint density at radius 2 is 1.72 bits per heavy atom. The van der Waals surface area contributed by atoms with Gasteiger partial charge in [0, 0.05) is 15.6 Å². The van der Waals surface area contributed by atoms with Crippen molar-refractivity contribution in [2.24, 2.45) is 5.10 Å². The first-order chi connectivity index (χ1) is 18.7. The number of benzene rings is 4. The lowest BCUT2D eigenvalue weighted by Crippen LogP contribution is -2.20. The van der Waals surface area contributed by atoms with Crippen LogP contribution in [0.4, 0.5) is 17.6 Å². The first kappa shape index (κ1) is 26.3. The Hall–Kier alpha value is -4.31. The van der Waals surface area contributed by atoms with Crippen LogP contribution in [0.2, 0.25) is 0 Å². The molecular formula is C29H18BrF4N3O2. The maximum absolute atomic E-state index is 13.4. The highest BCUT2D eigenvalue weighted by Crippen LogP contribution is 2.32. The standard InChI is InChI=1S/C29H18BrF4N3O2/c30-22-10-13-26(39-17-18-8-11-23(31)12-9-18)20(15-22)16-35-37-27(19-4-3-5-21(14-19)29(32,33)34)36-25-7-2-1-6-24(25)28(37)38/h1-16H,17H2. The first-order valence-corrected chi connectivity index (χ1v) is 12.4. The molecule has 5 aromatic rings. The Balaban J connectivity index is 1.59. The molecule has 0 aliphatic carbocycles. The second-order valence-electron chi connectivity index (χ2n) is 8.49. The maximum atomic E-state index is 13.4. The van der Waals surface area contributed by atoms with E-state index in [1.165, 1.54) is 30.5 Å². The van der Waals surface area contributed by atoms with E-state index in [4.69, 9.17) is 4.74 Å². The van der Waals surface area contributed by atoms with Crippen molar-refractivity contribution in [1.82, 2.24) is 9.66 Å². The summed E-state index contributed by atoms with van der Waals surface area (Å²) in [6.07, 6.45) is -3.20. The third-order valence-electron chi connectivity index (χ3n) is 5.79. The minimum atomic E-state index is -4.58. The number of aromatic nitrogens is 2. The van der Waals surface area contributed by atoms with E-state index < -0.39 is 17.3 Å². The van der Waals surface area contributed by atoms with Crippen molar-refractivity contribution in [1.29, 1.82) is 0 Å². The van der Waals surface area contributed by atoms with Crippen molar-refractivity contribution in [2.75, 3.05) is 0 Å². The van der Waals surface area contributed by atoms with Crippen LogP contribution in [-0.2, 0) is 12.8 Å². The minimum absolute atomic E-state index is 0.0511. The second kappa shape index (κ2) is 10.8. The van der Waals surface area contributed by atoms with Gasteiger partial charge in [0.15, 0.2) is 5.82 Å². The van der Waals surface area contributed by atoms with Crippen molar-refractivity contribution < 1.29 is 22.3 Å². The van der Waals surface area contributed by atoms with Crippen LogP contribution in [0.5, 0.6) is 5.75 Å². The van der Waals surface area contributed by atoms with E-state index in [2.05, 4.69) is 26.0 Å². The molecule has 0 saturated heterocycles. The highest BCUT2D eigenvalue weighted by Gasteiger charge is 2.31. The summed E-state index contributed by atoms with van der Waals surface area (Å²) in [7, 11) is 0. The largest absolute Gasteiger partial charge is 0.488 e. The Labute approximate surface area is 228 Å². The van der Waals surface area contributed by atoms with Crippen LogP contribution in [0.3, 0.4) is 0 Å². The van der Waals surface area contributed by atoms with E-state index in [0.717, 1.165) is 22.4 Å². The summed E-state index contributed by atoms with van der Waals surface area (Å²) in [4.78, 5) is 17.9. The monoisotopic (exact) mass is 595 g/mol. The van der Waals surface area contributed by atoms with Crippen LogP contribution in [-0.4, -0.2) is 15.9 Å². The summed E-state index contributed by atoms with van der Waals surface area (Å²) >= 11 is 3.40. The molecule has 0 aliphatic rings. The molecule has 10 heteroatoms. The van der Waals surface area contributed by atoms with Crippen LogP contribution in [0.1, 0.15) is 16.7 Å². The lowest BCUT2D eigenvalue weighted by molar-refractivity contribution is -0.137. The number of hydrogen-bond acceptors (Lipinski definition) is 4. The number of para-hydroxylation sites is 1. The molecule has 0 fully saturated rings. The quantitative estimate of drug-likeness (QED) is 0.151. The van der Waals surface area contributed by atoms with Gasteiger partial charge >= 0.3 is 6.18 Å². The normalized spacial score (nSPS) is 11.8. The van der Waals surface area contributed by atoms with Crippen LogP contribution in [0.25, 0.3) is 22.3 Å². The van der Waals surface area contributed by atoms with Crippen LogP contribution in [0, 0.1) is 5.82 Å². The highest BCUT2D eigenvalue weighted by atomic mass is 79.9. The zero-order valence-corrected chi connectivity index (χ0v) is 21.6. The summed E-state index contributed by atoms with van der Waals surface area (Å²) in [5.41, 5.74) is 0.207. The Morgan fingerprint density at radius 1 is 0.949 bits per heavy atom. The summed E-state index contributed by atoms with van der Waals surface area (Å²) < 4.78 is 61.1. The van der Waals surface area contributed by atoms with E-state index in [0.29, 0.717) is 21.3 Å². The fraction of sp³-hybridized carbons (Fsp3) is 0.0690. The number of ether oxygens (including phenoxy) is 1. The fourth-order valence-corrected chi connectivity index (χ4v) is 4.24. The predicted molar refractivity (Wildman–Crippen MR) is 144 cm³/mol. The molecule has 0 unspecified atom stereocenters. The number of fused-ring (bicyclic) bond motifs is 1. The van der Waals surface area contributed by atoms with Crippen molar-refractivity contribution in [2.45, 2.75) is 12.8 Å². The zero-order valence-electron chi connectivity index (χ0n) is 20.0. The van der Waals surface area contributed by atoms with Crippen LogP contribution in [0.15, 0.2) is 105 Å². The Morgan fingerprint density at radius 3 is 2.49 bits per heavy atom. The first-order valence-electron chi connectivity index (χ1n) is 11.6. The molecule has 5 nitrogen and oxygen atoms in total. The summed E-state index contributed by atoms with van der Waals surface area (Å²) in [5.74, 6) is 0.0137. The van der Waals surface area contributed by atoms with Gasteiger partial charge in [-0.2, -0.15) is 22.9 Å². The van der Waals surface area contributed by atoms with E-state index in [1.807, 2.05) is 0 Å². The van der Waals surface area contributed by atoms with Gasteiger partial charge in [-0.05, 0) is 60.2 Å². The average molecular weight is 596 g/mol. The van der Waals surface area contributed by atoms with Crippen molar-refractivity contribution in [3.63, 3.8) is 0 Å². The summed E-state index contributed by atoms with van der Waals surface area (Å²) in [6, 6.07) is 22.1. The predicted octanol–water partition coefficient (Wildman–Crippen LogP) is 7.45. The van der Waals surface area contributed by atoms with Gasteiger partial charge < -0.3 is 4.74 Å². The van der Waals surface area contributed by atoms with E-state index in [-0.39, 0.29) is 29.2 Å². The molecule has 0 atom stereocenters. The van der Waals surface area contributed by atoms with E-state index in [9.17, 15) is 22.4 Å². The van der Waals surface area contributed by atoms with Gasteiger partial charge in [0.25, 0.3) is 5.56 Å². The van der Waals surface area contributed by atoms with Crippen LogP contribution < -0.4 is 10.3 Å². The number of rotatable bonds is 6. The molecule has 5 rings (SSSR count). The molecule has 0 N–H and O–H groups in total. The molecular weight excluding hydrogens is 578 g/mol. The van der Waals surface area contributed by atoms with Gasteiger partial charge in [-0.15, -0.1) is 0 Å². The summed E-state index contributed by atoms with van der Waals surface area (Å²) in [6.45, 7) is 0.149.